The first kappa shape index (κ1) is 22.9. The van der Waals surface area contributed by atoms with Crippen molar-refractivity contribution in [3.05, 3.63) is 23.5 Å². The van der Waals surface area contributed by atoms with Gasteiger partial charge in [-0.2, -0.15) is 13.2 Å². The maximum atomic E-state index is 13.3. The number of hydrogen-bond acceptors (Lipinski definition) is 4. The number of ether oxygens (including phenoxy) is 2. The standard InChI is InChI=1S/C21H27F3N2O3/c1-5-6-7-8-9-15-12-17(18(25-13-15)21(22,23)24)28-14-16-10-11-26(16)19(27)29-20(2,3)4/h12-13,16H,5-7,10-11,14H2,1-4H3. The van der Waals surface area contributed by atoms with Crippen molar-refractivity contribution in [2.45, 2.75) is 71.2 Å². The van der Waals surface area contributed by atoms with E-state index in [0.29, 0.717) is 24.9 Å². The van der Waals surface area contributed by atoms with Crippen LogP contribution in [0.25, 0.3) is 0 Å². The van der Waals surface area contributed by atoms with Crippen LogP contribution >= 0.6 is 0 Å². The van der Waals surface area contributed by atoms with Gasteiger partial charge >= 0.3 is 12.3 Å². The molecule has 160 valence electrons. The second kappa shape index (κ2) is 9.38. The Morgan fingerprint density at radius 1 is 1.34 bits per heavy atom. The molecule has 0 spiro atoms. The molecule has 1 unspecified atom stereocenters. The van der Waals surface area contributed by atoms with Gasteiger partial charge in [0, 0.05) is 24.7 Å². The van der Waals surface area contributed by atoms with Gasteiger partial charge < -0.3 is 14.4 Å². The minimum atomic E-state index is -4.64. The first-order valence-electron chi connectivity index (χ1n) is 9.70. The van der Waals surface area contributed by atoms with Crippen molar-refractivity contribution < 1.29 is 27.4 Å². The van der Waals surface area contributed by atoms with E-state index in [1.807, 2.05) is 6.92 Å². The van der Waals surface area contributed by atoms with Crippen molar-refractivity contribution in [1.82, 2.24) is 9.88 Å². The average Bonchev–Trinajstić information content (AvgIpc) is 2.55. The van der Waals surface area contributed by atoms with Gasteiger partial charge in [0.2, 0.25) is 0 Å². The smallest absolute Gasteiger partial charge is 0.437 e. The molecule has 5 nitrogen and oxygen atoms in total. The summed E-state index contributed by atoms with van der Waals surface area (Å²) >= 11 is 0. The monoisotopic (exact) mass is 412 g/mol. The molecule has 1 amide bonds. The quantitative estimate of drug-likeness (QED) is 0.503. The predicted octanol–water partition coefficient (Wildman–Crippen LogP) is 5.03. The van der Waals surface area contributed by atoms with Gasteiger partial charge in [-0.15, -0.1) is 0 Å². The molecular formula is C21H27F3N2O3. The highest BCUT2D eigenvalue weighted by Crippen LogP contribution is 2.35. The van der Waals surface area contributed by atoms with Crippen LogP contribution in [0.5, 0.6) is 5.75 Å². The van der Waals surface area contributed by atoms with E-state index in [1.165, 1.54) is 11.0 Å². The molecular weight excluding hydrogens is 385 g/mol. The van der Waals surface area contributed by atoms with Crippen LogP contribution in [0.4, 0.5) is 18.0 Å². The lowest BCUT2D eigenvalue weighted by molar-refractivity contribution is -0.142. The molecule has 8 heteroatoms. The second-order valence-corrected chi connectivity index (χ2v) is 7.90. The number of rotatable bonds is 5. The molecule has 0 aromatic carbocycles. The third-order valence-electron chi connectivity index (χ3n) is 4.21. The molecule has 1 fully saturated rings. The lowest BCUT2D eigenvalue weighted by Crippen LogP contribution is -2.55. The second-order valence-electron chi connectivity index (χ2n) is 7.90. The van der Waals surface area contributed by atoms with Crippen LogP contribution in [0.3, 0.4) is 0 Å². The number of unbranched alkanes of at least 4 members (excludes halogenated alkanes) is 2. The van der Waals surface area contributed by atoms with Gasteiger partial charge in [0.15, 0.2) is 11.4 Å². The highest BCUT2D eigenvalue weighted by Gasteiger charge is 2.39. The highest BCUT2D eigenvalue weighted by molar-refractivity contribution is 5.69. The third kappa shape index (κ3) is 6.84. The molecule has 1 saturated heterocycles. The van der Waals surface area contributed by atoms with Crippen LogP contribution in [0, 0.1) is 11.8 Å². The summed E-state index contributed by atoms with van der Waals surface area (Å²) in [5, 5.41) is 0. The van der Waals surface area contributed by atoms with Crippen LogP contribution in [-0.2, 0) is 10.9 Å². The Bertz CT molecular complexity index is 776. The number of amides is 1. The van der Waals surface area contributed by atoms with Gasteiger partial charge in [0.05, 0.1) is 6.04 Å². The summed E-state index contributed by atoms with van der Waals surface area (Å²) in [5.74, 6) is 5.37. The number of pyridine rings is 1. The molecule has 1 aliphatic rings. The zero-order valence-electron chi connectivity index (χ0n) is 17.2. The van der Waals surface area contributed by atoms with Gasteiger partial charge in [-0.25, -0.2) is 9.78 Å². The van der Waals surface area contributed by atoms with E-state index in [-0.39, 0.29) is 18.4 Å². The normalized spacial score (nSPS) is 16.5. The summed E-state index contributed by atoms with van der Waals surface area (Å²) in [6, 6.07) is 0.913. The number of alkyl halides is 3. The van der Waals surface area contributed by atoms with Gasteiger partial charge in [-0.3, -0.25) is 0 Å². The fraction of sp³-hybridized carbons (Fsp3) is 0.619. The predicted molar refractivity (Wildman–Crippen MR) is 102 cm³/mol. The molecule has 1 aliphatic heterocycles. The zero-order valence-corrected chi connectivity index (χ0v) is 17.2. The molecule has 1 aromatic heterocycles. The molecule has 2 heterocycles. The fourth-order valence-electron chi connectivity index (χ4n) is 2.63. The summed E-state index contributed by atoms with van der Waals surface area (Å²) in [6.07, 6.45) is -0.831. The summed E-state index contributed by atoms with van der Waals surface area (Å²) in [5.41, 5.74) is -1.38. The fourth-order valence-corrected chi connectivity index (χ4v) is 2.63. The van der Waals surface area contributed by atoms with Crippen LogP contribution < -0.4 is 4.74 Å². The Kier molecular flexibility index (Phi) is 7.39. The van der Waals surface area contributed by atoms with Crippen LogP contribution in [0.15, 0.2) is 12.3 Å². The van der Waals surface area contributed by atoms with E-state index in [4.69, 9.17) is 9.47 Å². The van der Waals surface area contributed by atoms with Crippen molar-refractivity contribution in [2.75, 3.05) is 13.2 Å². The number of halogens is 3. The number of carbonyl (C=O) groups is 1. The molecule has 2 rings (SSSR count). The molecule has 1 atom stereocenters. The van der Waals surface area contributed by atoms with Crippen molar-refractivity contribution in [3.8, 4) is 17.6 Å². The van der Waals surface area contributed by atoms with E-state index in [0.717, 1.165) is 19.0 Å². The summed E-state index contributed by atoms with van der Waals surface area (Å²) < 4.78 is 50.6. The molecule has 0 saturated carbocycles. The molecule has 0 radical (unpaired) electrons. The van der Waals surface area contributed by atoms with Crippen molar-refractivity contribution >= 4 is 6.09 Å². The summed E-state index contributed by atoms with van der Waals surface area (Å²) in [4.78, 5) is 17.1. The summed E-state index contributed by atoms with van der Waals surface area (Å²) in [6.45, 7) is 7.71. The van der Waals surface area contributed by atoms with Gasteiger partial charge in [-0.05, 0) is 39.7 Å². The van der Waals surface area contributed by atoms with Crippen LogP contribution in [-0.4, -0.2) is 40.8 Å². The number of likely N-dealkylation sites (tertiary alicyclic amines) is 1. The van der Waals surface area contributed by atoms with E-state index in [2.05, 4.69) is 16.8 Å². The van der Waals surface area contributed by atoms with E-state index >= 15 is 0 Å². The van der Waals surface area contributed by atoms with Crippen molar-refractivity contribution in [2.24, 2.45) is 0 Å². The zero-order chi connectivity index (χ0) is 21.7. The first-order chi connectivity index (χ1) is 13.5. The average molecular weight is 412 g/mol. The molecule has 0 aliphatic carbocycles. The van der Waals surface area contributed by atoms with Gasteiger partial charge in [-0.1, -0.05) is 25.2 Å². The van der Waals surface area contributed by atoms with Crippen molar-refractivity contribution in [3.63, 3.8) is 0 Å². The molecule has 29 heavy (non-hydrogen) atoms. The van der Waals surface area contributed by atoms with Gasteiger partial charge in [0.1, 0.15) is 12.2 Å². The van der Waals surface area contributed by atoms with Crippen molar-refractivity contribution in [1.29, 1.82) is 0 Å². The Morgan fingerprint density at radius 2 is 2.07 bits per heavy atom. The maximum Gasteiger partial charge on any atom is 0.437 e. The van der Waals surface area contributed by atoms with Crippen LogP contribution in [0.1, 0.15) is 64.6 Å². The summed E-state index contributed by atoms with van der Waals surface area (Å²) in [7, 11) is 0. The third-order valence-corrected chi connectivity index (χ3v) is 4.21. The largest absolute Gasteiger partial charge is 0.489 e. The molecule has 0 bridgehead atoms. The number of nitrogens with zero attached hydrogens (tertiary/aromatic N) is 2. The topological polar surface area (TPSA) is 51.7 Å². The minimum absolute atomic E-state index is 0.0727. The lowest BCUT2D eigenvalue weighted by atomic mass is 10.1. The number of carbonyl (C=O) groups excluding carboxylic acids is 1. The maximum absolute atomic E-state index is 13.3. The lowest BCUT2D eigenvalue weighted by Gasteiger charge is -2.41. The van der Waals surface area contributed by atoms with Crippen LogP contribution in [0.2, 0.25) is 0 Å². The van der Waals surface area contributed by atoms with Gasteiger partial charge in [0.25, 0.3) is 0 Å². The van der Waals surface area contributed by atoms with E-state index < -0.39 is 23.6 Å². The van der Waals surface area contributed by atoms with E-state index in [1.54, 1.807) is 20.8 Å². The van der Waals surface area contributed by atoms with E-state index in [9.17, 15) is 18.0 Å². The highest BCUT2D eigenvalue weighted by atomic mass is 19.4. The Balaban J connectivity index is 2.09. The SMILES string of the molecule is CCCCC#Cc1cnc(C(F)(F)F)c(OCC2CCN2C(=O)OC(C)(C)C)c1. The Labute approximate surface area is 169 Å². The number of aromatic nitrogens is 1. The first-order valence-corrected chi connectivity index (χ1v) is 9.70. The Hall–Kier alpha value is -2.43. The number of hydrogen-bond donors (Lipinski definition) is 0. The minimum Gasteiger partial charge on any atom is -0.489 e. The molecule has 0 N–H and O–H groups in total. The molecule has 1 aromatic rings. The Morgan fingerprint density at radius 3 is 2.62 bits per heavy atom.